The Balaban J connectivity index is 1.81. The molecule has 3 unspecified atom stereocenters. The second-order valence-electron chi connectivity index (χ2n) is 6.73. The Morgan fingerprint density at radius 3 is 2.75 bits per heavy atom. The number of hydrogen-bond donors (Lipinski definition) is 0. The summed E-state index contributed by atoms with van der Waals surface area (Å²) in [7, 11) is 0. The molecule has 2 saturated heterocycles. The van der Waals surface area contributed by atoms with Crippen LogP contribution in [0.2, 0.25) is 0 Å². The molecule has 3 heterocycles. The molecule has 0 saturated carbocycles. The van der Waals surface area contributed by atoms with Crippen LogP contribution in [-0.4, -0.2) is 46.5 Å². The smallest absolute Gasteiger partial charge is 0.0572 e. The van der Waals surface area contributed by atoms with E-state index >= 15 is 0 Å². The van der Waals surface area contributed by atoms with Gasteiger partial charge in [0.2, 0.25) is 0 Å². The van der Waals surface area contributed by atoms with Gasteiger partial charge in [-0.3, -0.25) is 14.8 Å². The molecule has 3 rings (SSSR count). The monoisotopic (exact) mass is 273 g/mol. The summed E-state index contributed by atoms with van der Waals surface area (Å²) < 4.78 is 0. The van der Waals surface area contributed by atoms with E-state index in [4.69, 9.17) is 0 Å². The van der Waals surface area contributed by atoms with Gasteiger partial charge in [-0.05, 0) is 44.4 Å². The highest BCUT2D eigenvalue weighted by molar-refractivity contribution is 5.10. The summed E-state index contributed by atoms with van der Waals surface area (Å²) in [6.07, 6.45) is 4.67. The first-order valence-electron chi connectivity index (χ1n) is 8.07. The number of pyridine rings is 1. The number of piperazine rings is 1. The average Bonchev–Trinajstić information content (AvgIpc) is 2.93. The van der Waals surface area contributed by atoms with Crippen molar-refractivity contribution in [2.75, 3.05) is 19.6 Å². The average molecular weight is 273 g/mol. The second-order valence-corrected chi connectivity index (χ2v) is 6.73. The lowest BCUT2D eigenvalue weighted by Crippen LogP contribution is -2.58. The van der Waals surface area contributed by atoms with Gasteiger partial charge in [0.1, 0.15) is 0 Å². The maximum atomic E-state index is 4.58. The van der Waals surface area contributed by atoms with E-state index in [2.05, 4.69) is 47.7 Å². The molecule has 3 heteroatoms. The van der Waals surface area contributed by atoms with Crippen molar-refractivity contribution in [2.24, 2.45) is 5.92 Å². The molecule has 110 valence electrons. The fourth-order valence-electron chi connectivity index (χ4n) is 3.90. The highest BCUT2D eigenvalue weighted by atomic mass is 15.3. The minimum absolute atomic E-state index is 0.423. The van der Waals surface area contributed by atoms with E-state index in [1.165, 1.54) is 38.2 Å². The van der Waals surface area contributed by atoms with E-state index in [1.807, 2.05) is 12.3 Å². The fraction of sp³-hybridized carbons (Fsp3) is 0.706. The Bertz CT molecular complexity index is 431. The molecule has 20 heavy (non-hydrogen) atoms. The molecule has 0 N–H and O–H groups in total. The Labute approximate surface area is 123 Å². The molecule has 1 aromatic rings. The van der Waals surface area contributed by atoms with Crippen molar-refractivity contribution in [3.63, 3.8) is 0 Å². The molecule has 0 aromatic carbocycles. The van der Waals surface area contributed by atoms with Crippen LogP contribution in [0.25, 0.3) is 0 Å². The van der Waals surface area contributed by atoms with E-state index < -0.39 is 0 Å². The van der Waals surface area contributed by atoms with Gasteiger partial charge in [-0.1, -0.05) is 19.9 Å². The van der Waals surface area contributed by atoms with Crippen LogP contribution in [0.15, 0.2) is 24.4 Å². The number of rotatable bonds is 3. The van der Waals surface area contributed by atoms with Gasteiger partial charge in [-0.25, -0.2) is 0 Å². The first kappa shape index (κ1) is 14.0. The third-order valence-corrected chi connectivity index (χ3v) is 5.15. The van der Waals surface area contributed by atoms with Gasteiger partial charge in [0.05, 0.1) is 5.69 Å². The lowest BCUT2D eigenvalue weighted by Gasteiger charge is -2.48. The maximum absolute atomic E-state index is 4.58. The normalized spacial score (nSPS) is 29.6. The third-order valence-electron chi connectivity index (χ3n) is 5.15. The van der Waals surface area contributed by atoms with Gasteiger partial charge in [0.15, 0.2) is 0 Å². The van der Waals surface area contributed by atoms with Crippen molar-refractivity contribution in [3.05, 3.63) is 30.1 Å². The predicted molar refractivity (Wildman–Crippen MR) is 82.6 cm³/mol. The summed E-state index contributed by atoms with van der Waals surface area (Å²) in [6, 6.07) is 8.13. The predicted octanol–water partition coefficient (Wildman–Crippen LogP) is 2.95. The molecule has 0 bridgehead atoms. The minimum atomic E-state index is 0.423. The summed E-state index contributed by atoms with van der Waals surface area (Å²) in [6.45, 7) is 10.8. The molecule has 3 atom stereocenters. The summed E-state index contributed by atoms with van der Waals surface area (Å²) >= 11 is 0. The molecule has 3 nitrogen and oxygen atoms in total. The van der Waals surface area contributed by atoms with Gasteiger partial charge in [-0.15, -0.1) is 0 Å². The van der Waals surface area contributed by atoms with Crippen LogP contribution in [0.5, 0.6) is 0 Å². The highest BCUT2D eigenvalue weighted by Gasteiger charge is 2.39. The van der Waals surface area contributed by atoms with E-state index in [0.29, 0.717) is 18.0 Å². The SMILES string of the molecule is CC(C)C1CN2CCCC2CN1C(C)c1ccccn1. The van der Waals surface area contributed by atoms with Crippen molar-refractivity contribution >= 4 is 0 Å². The standard InChI is InChI=1S/C17H27N3/c1-13(2)17-12-19-10-6-7-15(19)11-20(17)14(3)16-8-4-5-9-18-16/h4-5,8-9,13-15,17H,6-7,10-12H2,1-3H3. The minimum Gasteiger partial charge on any atom is -0.298 e. The number of aromatic nitrogens is 1. The summed E-state index contributed by atoms with van der Waals surface area (Å²) in [5.41, 5.74) is 1.21. The largest absolute Gasteiger partial charge is 0.298 e. The van der Waals surface area contributed by atoms with Crippen molar-refractivity contribution < 1.29 is 0 Å². The third kappa shape index (κ3) is 2.61. The summed E-state index contributed by atoms with van der Waals surface area (Å²) in [5, 5.41) is 0. The molecule has 2 fully saturated rings. The Kier molecular flexibility index (Phi) is 4.08. The molecular weight excluding hydrogens is 246 g/mol. The van der Waals surface area contributed by atoms with E-state index in [1.54, 1.807) is 0 Å². The molecule has 0 spiro atoms. The van der Waals surface area contributed by atoms with Crippen LogP contribution in [0.4, 0.5) is 0 Å². The Morgan fingerprint density at radius 1 is 1.20 bits per heavy atom. The Hall–Kier alpha value is -0.930. The molecule has 2 aliphatic rings. The van der Waals surface area contributed by atoms with E-state index in [0.717, 1.165) is 6.04 Å². The second kappa shape index (κ2) is 5.82. The van der Waals surface area contributed by atoms with Crippen molar-refractivity contribution in [2.45, 2.75) is 51.7 Å². The van der Waals surface area contributed by atoms with Gasteiger partial charge >= 0.3 is 0 Å². The lowest BCUT2D eigenvalue weighted by atomic mass is 9.95. The topological polar surface area (TPSA) is 19.4 Å². The Morgan fingerprint density at radius 2 is 2.05 bits per heavy atom. The van der Waals surface area contributed by atoms with Gasteiger partial charge in [-0.2, -0.15) is 0 Å². The highest BCUT2D eigenvalue weighted by Crippen LogP contribution is 2.32. The maximum Gasteiger partial charge on any atom is 0.0572 e. The zero-order chi connectivity index (χ0) is 14.1. The summed E-state index contributed by atoms with van der Waals surface area (Å²) in [5.74, 6) is 0.697. The number of hydrogen-bond acceptors (Lipinski definition) is 3. The zero-order valence-electron chi connectivity index (χ0n) is 13.0. The molecule has 0 radical (unpaired) electrons. The number of nitrogens with zero attached hydrogens (tertiary/aromatic N) is 3. The zero-order valence-corrected chi connectivity index (χ0v) is 13.0. The summed E-state index contributed by atoms with van der Waals surface area (Å²) in [4.78, 5) is 10.0. The van der Waals surface area contributed by atoms with Crippen LogP contribution in [0, 0.1) is 5.92 Å². The van der Waals surface area contributed by atoms with E-state index in [9.17, 15) is 0 Å². The van der Waals surface area contributed by atoms with Crippen LogP contribution in [-0.2, 0) is 0 Å². The van der Waals surface area contributed by atoms with Crippen molar-refractivity contribution in [1.29, 1.82) is 0 Å². The van der Waals surface area contributed by atoms with Crippen molar-refractivity contribution in [1.82, 2.24) is 14.8 Å². The van der Waals surface area contributed by atoms with Crippen molar-refractivity contribution in [3.8, 4) is 0 Å². The van der Waals surface area contributed by atoms with Crippen LogP contribution in [0.1, 0.15) is 45.3 Å². The molecule has 0 aliphatic carbocycles. The van der Waals surface area contributed by atoms with Gasteiger partial charge < -0.3 is 0 Å². The fourth-order valence-corrected chi connectivity index (χ4v) is 3.90. The number of fused-ring (bicyclic) bond motifs is 1. The molecule has 0 amide bonds. The van der Waals surface area contributed by atoms with Crippen LogP contribution < -0.4 is 0 Å². The van der Waals surface area contributed by atoms with Crippen LogP contribution in [0.3, 0.4) is 0 Å². The molecule has 2 aliphatic heterocycles. The lowest BCUT2D eigenvalue weighted by molar-refractivity contribution is 0.00300. The molecular formula is C17H27N3. The van der Waals surface area contributed by atoms with Gasteiger partial charge in [0.25, 0.3) is 0 Å². The van der Waals surface area contributed by atoms with Crippen LogP contribution >= 0.6 is 0 Å². The van der Waals surface area contributed by atoms with Gasteiger partial charge in [0, 0.05) is 37.4 Å². The van der Waals surface area contributed by atoms with E-state index in [-0.39, 0.29) is 0 Å². The first-order valence-corrected chi connectivity index (χ1v) is 8.07. The molecule has 1 aromatic heterocycles. The first-order chi connectivity index (χ1) is 9.66. The quantitative estimate of drug-likeness (QED) is 0.844.